The molecule has 1 aromatic rings. The summed E-state index contributed by atoms with van der Waals surface area (Å²) in [5.74, 6) is 0.927. The fourth-order valence-electron chi connectivity index (χ4n) is 3.15. The molecule has 5 nitrogen and oxygen atoms in total. The standard InChI is InChI=1S/C17H24BrN3O2.HI/c1-19-17(20-11-13-4-2-5-14(18)10-13)21-7-9-23-16(12-21)15-6-3-8-22-15;/h2,4-5,10,15-16H,3,6-9,11-12H2,1H3,(H,19,20);1H. The lowest BCUT2D eigenvalue weighted by Gasteiger charge is -2.37. The first-order valence-corrected chi connectivity index (χ1v) is 8.99. The van der Waals surface area contributed by atoms with E-state index in [1.165, 1.54) is 5.56 Å². The molecule has 2 saturated heterocycles. The Hall–Kier alpha value is -0.380. The molecule has 2 aliphatic heterocycles. The van der Waals surface area contributed by atoms with Crippen molar-refractivity contribution < 1.29 is 9.47 Å². The Kier molecular flexibility index (Phi) is 8.25. The molecule has 0 radical (unpaired) electrons. The van der Waals surface area contributed by atoms with Crippen LogP contribution in [-0.4, -0.2) is 56.4 Å². The van der Waals surface area contributed by atoms with Crippen LogP contribution in [0.15, 0.2) is 33.7 Å². The number of guanidine groups is 1. The van der Waals surface area contributed by atoms with Crippen molar-refractivity contribution in [3.8, 4) is 0 Å². The molecule has 1 aromatic carbocycles. The molecule has 2 fully saturated rings. The maximum atomic E-state index is 5.91. The predicted octanol–water partition coefficient (Wildman–Crippen LogP) is 3.02. The Morgan fingerprint density at radius 1 is 1.33 bits per heavy atom. The van der Waals surface area contributed by atoms with Gasteiger partial charge in [-0.05, 0) is 30.5 Å². The van der Waals surface area contributed by atoms with Crippen LogP contribution in [0.4, 0.5) is 0 Å². The van der Waals surface area contributed by atoms with Crippen LogP contribution in [0.3, 0.4) is 0 Å². The summed E-state index contributed by atoms with van der Waals surface area (Å²) >= 11 is 3.51. The van der Waals surface area contributed by atoms with Gasteiger partial charge >= 0.3 is 0 Å². The van der Waals surface area contributed by atoms with Gasteiger partial charge in [0, 0.05) is 37.8 Å². The zero-order valence-electron chi connectivity index (χ0n) is 13.9. The lowest BCUT2D eigenvalue weighted by Crippen LogP contribution is -2.53. The Balaban J connectivity index is 0.00000208. The van der Waals surface area contributed by atoms with Crippen molar-refractivity contribution in [2.45, 2.75) is 31.6 Å². The highest BCUT2D eigenvalue weighted by molar-refractivity contribution is 14.0. The third-order valence-electron chi connectivity index (χ3n) is 4.32. The molecule has 24 heavy (non-hydrogen) atoms. The van der Waals surface area contributed by atoms with E-state index in [1.54, 1.807) is 0 Å². The first kappa shape index (κ1) is 19.9. The highest BCUT2D eigenvalue weighted by Gasteiger charge is 2.32. The quantitative estimate of drug-likeness (QED) is 0.386. The molecule has 2 atom stereocenters. The molecule has 1 N–H and O–H groups in total. The van der Waals surface area contributed by atoms with Gasteiger partial charge in [-0.2, -0.15) is 0 Å². The SMILES string of the molecule is CN=C(NCc1cccc(Br)c1)N1CCOC(C2CCCO2)C1.I. The monoisotopic (exact) mass is 509 g/mol. The molecule has 3 rings (SSSR count). The number of hydrogen-bond acceptors (Lipinski definition) is 3. The van der Waals surface area contributed by atoms with Gasteiger partial charge in [0.15, 0.2) is 5.96 Å². The smallest absolute Gasteiger partial charge is 0.194 e. The van der Waals surface area contributed by atoms with E-state index in [1.807, 2.05) is 19.2 Å². The van der Waals surface area contributed by atoms with E-state index < -0.39 is 0 Å². The fourth-order valence-corrected chi connectivity index (χ4v) is 3.60. The van der Waals surface area contributed by atoms with Crippen LogP contribution >= 0.6 is 39.9 Å². The number of rotatable bonds is 3. The summed E-state index contributed by atoms with van der Waals surface area (Å²) in [6, 6.07) is 8.31. The Labute approximate surface area is 169 Å². The summed E-state index contributed by atoms with van der Waals surface area (Å²) in [5, 5.41) is 3.45. The van der Waals surface area contributed by atoms with Crippen molar-refractivity contribution in [3.05, 3.63) is 34.3 Å². The highest BCUT2D eigenvalue weighted by Crippen LogP contribution is 2.21. The zero-order chi connectivity index (χ0) is 16.1. The third-order valence-corrected chi connectivity index (χ3v) is 4.82. The minimum atomic E-state index is 0. The van der Waals surface area contributed by atoms with Gasteiger partial charge in [0.2, 0.25) is 0 Å². The largest absolute Gasteiger partial charge is 0.375 e. The summed E-state index contributed by atoms with van der Waals surface area (Å²) < 4.78 is 12.8. The Morgan fingerprint density at radius 3 is 2.88 bits per heavy atom. The van der Waals surface area contributed by atoms with E-state index in [-0.39, 0.29) is 36.2 Å². The minimum absolute atomic E-state index is 0. The second-order valence-corrected chi connectivity index (χ2v) is 6.85. The summed E-state index contributed by atoms with van der Waals surface area (Å²) in [6.45, 7) is 4.04. The van der Waals surface area contributed by atoms with Crippen molar-refractivity contribution in [2.24, 2.45) is 4.99 Å². The van der Waals surface area contributed by atoms with E-state index in [9.17, 15) is 0 Å². The molecule has 7 heteroatoms. The van der Waals surface area contributed by atoms with E-state index in [2.05, 4.69) is 43.3 Å². The molecule has 2 heterocycles. The average molecular weight is 510 g/mol. The first-order valence-electron chi connectivity index (χ1n) is 8.19. The third kappa shape index (κ3) is 5.31. The van der Waals surface area contributed by atoms with Gasteiger partial charge in [-0.1, -0.05) is 28.1 Å². The molecular weight excluding hydrogens is 485 g/mol. The van der Waals surface area contributed by atoms with Crippen LogP contribution in [0.5, 0.6) is 0 Å². The van der Waals surface area contributed by atoms with Crippen molar-refractivity contribution >= 4 is 45.9 Å². The molecule has 0 aliphatic carbocycles. The van der Waals surface area contributed by atoms with Gasteiger partial charge in [0.25, 0.3) is 0 Å². The normalized spacial score (nSPS) is 24.6. The fraction of sp³-hybridized carbons (Fsp3) is 0.588. The summed E-state index contributed by atoms with van der Waals surface area (Å²) in [4.78, 5) is 6.71. The minimum Gasteiger partial charge on any atom is -0.375 e. The maximum Gasteiger partial charge on any atom is 0.194 e. The van der Waals surface area contributed by atoms with Crippen molar-refractivity contribution in [1.82, 2.24) is 10.2 Å². The van der Waals surface area contributed by atoms with Crippen LogP contribution in [-0.2, 0) is 16.0 Å². The molecule has 0 saturated carbocycles. The van der Waals surface area contributed by atoms with Crippen molar-refractivity contribution in [3.63, 3.8) is 0 Å². The molecule has 0 amide bonds. The summed E-state index contributed by atoms with van der Waals surface area (Å²) in [6.07, 6.45) is 2.62. The molecular formula is C17H25BrIN3O2. The number of benzene rings is 1. The number of morpholine rings is 1. The molecule has 0 spiro atoms. The second kappa shape index (κ2) is 9.94. The molecule has 0 aromatic heterocycles. The van der Waals surface area contributed by atoms with Crippen LogP contribution in [0.1, 0.15) is 18.4 Å². The van der Waals surface area contributed by atoms with Gasteiger partial charge in [-0.3, -0.25) is 4.99 Å². The van der Waals surface area contributed by atoms with Gasteiger partial charge in [0.1, 0.15) is 6.10 Å². The maximum absolute atomic E-state index is 5.91. The van der Waals surface area contributed by atoms with E-state index >= 15 is 0 Å². The second-order valence-electron chi connectivity index (χ2n) is 5.94. The topological polar surface area (TPSA) is 46.1 Å². The molecule has 0 bridgehead atoms. The summed E-state index contributed by atoms with van der Waals surface area (Å²) in [5.41, 5.74) is 1.23. The van der Waals surface area contributed by atoms with Crippen LogP contribution in [0, 0.1) is 0 Å². The lowest BCUT2D eigenvalue weighted by atomic mass is 10.1. The van der Waals surface area contributed by atoms with E-state index in [0.717, 1.165) is 56.1 Å². The van der Waals surface area contributed by atoms with Gasteiger partial charge in [-0.25, -0.2) is 0 Å². The number of nitrogens with one attached hydrogen (secondary N) is 1. The van der Waals surface area contributed by atoms with Crippen molar-refractivity contribution in [1.29, 1.82) is 0 Å². The Bertz CT molecular complexity index is 552. The zero-order valence-corrected chi connectivity index (χ0v) is 17.8. The first-order chi connectivity index (χ1) is 11.3. The predicted molar refractivity (Wildman–Crippen MR) is 110 cm³/mol. The molecule has 134 valence electrons. The number of halogens is 2. The van der Waals surface area contributed by atoms with Crippen LogP contribution < -0.4 is 5.32 Å². The van der Waals surface area contributed by atoms with Crippen molar-refractivity contribution in [2.75, 3.05) is 33.4 Å². The highest BCUT2D eigenvalue weighted by atomic mass is 127. The average Bonchev–Trinajstić information content (AvgIpc) is 3.10. The number of nitrogens with zero attached hydrogens (tertiary/aromatic N) is 2. The molecule has 2 aliphatic rings. The number of ether oxygens (including phenoxy) is 2. The number of aliphatic imine (C=N–C) groups is 1. The van der Waals surface area contributed by atoms with Crippen LogP contribution in [0.25, 0.3) is 0 Å². The van der Waals surface area contributed by atoms with Gasteiger partial charge in [-0.15, -0.1) is 24.0 Å². The van der Waals surface area contributed by atoms with E-state index in [0.29, 0.717) is 0 Å². The van der Waals surface area contributed by atoms with Gasteiger partial charge < -0.3 is 19.7 Å². The van der Waals surface area contributed by atoms with Crippen LogP contribution in [0.2, 0.25) is 0 Å². The van der Waals surface area contributed by atoms with Gasteiger partial charge in [0.05, 0.1) is 12.7 Å². The number of hydrogen-bond donors (Lipinski definition) is 1. The summed E-state index contributed by atoms with van der Waals surface area (Å²) in [7, 11) is 1.83. The Morgan fingerprint density at radius 2 is 2.17 bits per heavy atom. The lowest BCUT2D eigenvalue weighted by molar-refractivity contribution is -0.0817. The van der Waals surface area contributed by atoms with E-state index in [4.69, 9.17) is 9.47 Å². The molecule has 2 unspecified atom stereocenters.